The molecule has 330 valence electrons. The lowest BCUT2D eigenvalue weighted by atomic mass is 9.93. The van der Waals surface area contributed by atoms with Crippen molar-refractivity contribution in [2.24, 2.45) is 20.4 Å². The summed E-state index contributed by atoms with van der Waals surface area (Å²) in [6, 6.07) is 29.2. The number of nitrogens with one attached hydrogen (secondary N) is 2. The Hall–Kier alpha value is -8.92. The average Bonchev–Trinajstić information content (AvgIpc) is 3.75. The Morgan fingerprint density at radius 2 is 0.894 bits per heavy atom. The summed E-state index contributed by atoms with van der Waals surface area (Å²) >= 11 is 0. The zero-order valence-electron chi connectivity index (χ0n) is 36.5. The molecule has 6 aromatic rings. The van der Waals surface area contributed by atoms with Crippen molar-refractivity contribution in [1.82, 2.24) is 0 Å². The smallest absolute Gasteiger partial charge is 0.335 e. The van der Waals surface area contributed by atoms with Crippen LogP contribution in [0.25, 0.3) is 33.4 Å². The van der Waals surface area contributed by atoms with Crippen molar-refractivity contribution in [3.63, 3.8) is 0 Å². The molecule has 16 nitrogen and oxygen atoms in total. The molecule has 2 aliphatic heterocycles. The van der Waals surface area contributed by atoms with E-state index in [9.17, 15) is 39.6 Å². The molecule has 16 heteroatoms. The van der Waals surface area contributed by atoms with Gasteiger partial charge in [-0.3, -0.25) is 20.4 Å². The second kappa shape index (κ2) is 17.3. The number of aromatic carboxylic acids is 2. The first-order valence-electron chi connectivity index (χ1n) is 20.5. The Morgan fingerprint density at radius 3 is 1.26 bits per heavy atom. The molecule has 8 rings (SSSR count). The highest BCUT2D eigenvalue weighted by molar-refractivity contribution is 6.72. The maximum Gasteiger partial charge on any atom is 0.335 e. The molecular weight excluding hydrogens is 841 g/mol. The normalized spacial score (nSPS) is 14.8. The first-order chi connectivity index (χ1) is 31.5. The lowest BCUT2D eigenvalue weighted by Gasteiger charge is -2.17. The Bertz CT molecular complexity index is 2990. The molecule has 0 spiro atoms. The van der Waals surface area contributed by atoms with Crippen molar-refractivity contribution in [1.29, 1.82) is 0 Å². The summed E-state index contributed by atoms with van der Waals surface area (Å²) in [6.07, 6.45) is 0. The number of carbonyl (C=O) groups excluding carboxylic acids is 2. The van der Waals surface area contributed by atoms with Crippen LogP contribution in [0.5, 0.6) is 11.5 Å². The Labute approximate surface area is 378 Å². The van der Waals surface area contributed by atoms with Crippen molar-refractivity contribution in [2.75, 3.05) is 20.9 Å². The fourth-order valence-corrected chi connectivity index (χ4v) is 7.40. The first kappa shape index (κ1) is 43.7. The van der Waals surface area contributed by atoms with Gasteiger partial charge in [0.25, 0.3) is 0 Å². The number of aromatic hydroxyl groups is 2. The number of carboxylic acid groups (broad SMARTS) is 2. The van der Waals surface area contributed by atoms with Gasteiger partial charge in [-0.15, -0.1) is 0 Å². The first-order valence-corrected chi connectivity index (χ1v) is 20.5. The number of phenols is 2. The summed E-state index contributed by atoms with van der Waals surface area (Å²) in [5.41, 5.74) is 13.0. The summed E-state index contributed by atoms with van der Waals surface area (Å²) in [5.74, 6) is -4.09. The average molecular weight is 883 g/mol. The van der Waals surface area contributed by atoms with Crippen LogP contribution < -0.4 is 20.9 Å². The van der Waals surface area contributed by atoms with Gasteiger partial charge in [0, 0.05) is 11.1 Å². The highest BCUT2D eigenvalue weighted by atomic mass is 16.4. The van der Waals surface area contributed by atoms with Crippen LogP contribution in [0, 0.1) is 27.7 Å². The van der Waals surface area contributed by atoms with Gasteiger partial charge < -0.3 is 20.4 Å². The minimum atomic E-state index is -1.19. The van der Waals surface area contributed by atoms with Crippen LogP contribution in [0.1, 0.15) is 56.8 Å². The van der Waals surface area contributed by atoms with Crippen LogP contribution in [0.2, 0.25) is 0 Å². The molecular formula is C50H42N8O8. The number of amides is 2. The Kier molecular flexibility index (Phi) is 11.5. The van der Waals surface area contributed by atoms with Gasteiger partial charge in [0.05, 0.1) is 45.3 Å². The van der Waals surface area contributed by atoms with Crippen LogP contribution in [0.3, 0.4) is 0 Å². The number of carbonyl (C=O) groups is 4. The third kappa shape index (κ3) is 8.33. The van der Waals surface area contributed by atoms with Crippen molar-refractivity contribution < 1.29 is 39.6 Å². The zero-order valence-corrected chi connectivity index (χ0v) is 36.5. The van der Waals surface area contributed by atoms with E-state index < -0.39 is 23.8 Å². The number of aryl methyl sites for hydroxylation is 4. The number of hydrogen-bond donors (Lipinski definition) is 6. The van der Waals surface area contributed by atoms with E-state index in [0.717, 1.165) is 22.3 Å². The minimum absolute atomic E-state index is 0.00744. The van der Waals surface area contributed by atoms with Gasteiger partial charge >= 0.3 is 23.8 Å². The molecule has 66 heavy (non-hydrogen) atoms. The van der Waals surface area contributed by atoms with Gasteiger partial charge in [-0.25, -0.2) is 9.59 Å². The second-order valence-corrected chi connectivity index (χ2v) is 15.9. The molecule has 0 saturated heterocycles. The molecule has 2 aliphatic rings. The number of benzene rings is 6. The maximum absolute atomic E-state index is 13.7. The highest BCUT2D eigenvalue weighted by Crippen LogP contribution is 2.45. The summed E-state index contributed by atoms with van der Waals surface area (Å²) in [7, 11) is 0. The molecule has 2 heterocycles. The van der Waals surface area contributed by atoms with E-state index in [2.05, 4.69) is 31.3 Å². The number of rotatable bonds is 11. The molecule has 0 bridgehead atoms. The molecule has 0 fully saturated rings. The Balaban J connectivity index is 1.25. The SMILES string of the molecule is CC1=NN(c2ccc(C)c(C)c2)C(=O)C1=NNc1cc(-c2cc(N/N=C3\C(=O)N(c4ccc(C)c(C)c4)N=C3C)c(O)c(-c3cccc(C(=O)O)c3)c2)cc(-c2cccc(C(=O)O)c2)c1O. The van der Waals surface area contributed by atoms with Crippen molar-refractivity contribution in [2.45, 2.75) is 41.5 Å². The number of nitrogens with zero attached hydrogens (tertiary/aromatic N) is 6. The molecule has 0 radical (unpaired) electrons. The molecule has 0 aromatic heterocycles. The van der Waals surface area contributed by atoms with Crippen LogP contribution in [0.4, 0.5) is 22.7 Å². The number of carboxylic acids is 2. The summed E-state index contributed by atoms with van der Waals surface area (Å²) in [6.45, 7) is 11.0. The fraction of sp³-hybridized carbons (Fsp3) is 0.120. The zero-order chi connectivity index (χ0) is 47.1. The molecule has 0 atom stereocenters. The topological polar surface area (TPSA) is 229 Å². The van der Waals surface area contributed by atoms with Crippen LogP contribution >= 0.6 is 0 Å². The number of anilines is 4. The van der Waals surface area contributed by atoms with E-state index in [-0.39, 0.29) is 56.6 Å². The fourth-order valence-electron chi connectivity index (χ4n) is 7.40. The Morgan fingerprint density at radius 1 is 0.500 bits per heavy atom. The molecule has 6 aromatic carbocycles. The van der Waals surface area contributed by atoms with Crippen LogP contribution in [-0.4, -0.2) is 67.0 Å². The molecule has 0 saturated carbocycles. The van der Waals surface area contributed by atoms with Gasteiger partial charge in [-0.1, -0.05) is 36.4 Å². The summed E-state index contributed by atoms with van der Waals surface area (Å²) < 4.78 is 0. The molecule has 0 aliphatic carbocycles. The van der Waals surface area contributed by atoms with Crippen molar-refractivity contribution >= 4 is 69.3 Å². The lowest BCUT2D eigenvalue weighted by Crippen LogP contribution is -2.28. The molecule has 2 amide bonds. The largest absolute Gasteiger partial charge is 0.505 e. The van der Waals surface area contributed by atoms with E-state index in [1.54, 1.807) is 50.2 Å². The number of hydrazone groups is 4. The summed E-state index contributed by atoms with van der Waals surface area (Å²) in [4.78, 5) is 51.6. The van der Waals surface area contributed by atoms with Gasteiger partial charge in [-0.2, -0.15) is 30.4 Å². The quantitative estimate of drug-likeness (QED) is 0.0534. The standard InChI is InChI=1S/C50H42N8O8/c1-25-13-15-37(17-27(25)3)57-47(61)43(29(5)55-57)53-51-41-23-35(21-39(45(41)59)31-9-7-11-33(19-31)49(63)64)36-22-40(32-10-8-12-34(20-32)50(65)66)46(60)42(24-36)52-54-44-30(6)56-58(48(44)62)38-16-14-26(2)28(4)18-38/h7-24,51-52,59-60H,1-6H3,(H,63,64)(H,65,66)/b53-43-,54-44?. The third-order valence-electron chi connectivity index (χ3n) is 11.4. The lowest BCUT2D eigenvalue weighted by molar-refractivity contribution is -0.112. The van der Waals surface area contributed by atoms with E-state index in [4.69, 9.17) is 0 Å². The molecule has 6 N–H and O–H groups in total. The van der Waals surface area contributed by atoms with Gasteiger partial charge in [0.15, 0.2) is 11.4 Å². The van der Waals surface area contributed by atoms with Crippen molar-refractivity contribution in [3.05, 3.63) is 143 Å². The third-order valence-corrected chi connectivity index (χ3v) is 11.4. The minimum Gasteiger partial charge on any atom is -0.505 e. The van der Waals surface area contributed by atoms with Gasteiger partial charge in [0.1, 0.15) is 11.5 Å². The van der Waals surface area contributed by atoms with Crippen LogP contribution in [0.15, 0.2) is 130 Å². The predicted molar refractivity (Wildman–Crippen MR) is 255 cm³/mol. The van der Waals surface area contributed by atoms with Crippen molar-refractivity contribution in [3.8, 4) is 44.9 Å². The summed E-state index contributed by atoms with van der Waals surface area (Å²) in [5, 5.41) is 63.6. The highest BCUT2D eigenvalue weighted by Gasteiger charge is 2.33. The second-order valence-electron chi connectivity index (χ2n) is 15.9. The molecule has 0 unspecified atom stereocenters. The number of phenolic OH excluding ortho intramolecular Hbond substituents is 2. The van der Waals surface area contributed by atoms with E-state index >= 15 is 0 Å². The predicted octanol–water partition coefficient (Wildman–Crippen LogP) is 9.11. The van der Waals surface area contributed by atoms with Gasteiger partial charge in [-0.05, 0) is 159 Å². The van der Waals surface area contributed by atoms with Crippen LogP contribution in [-0.2, 0) is 9.59 Å². The van der Waals surface area contributed by atoms with E-state index in [1.807, 2.05) is 52.0 Å². The van der Waals surface area contributed by atoms with Gasteiger partial charge in [0.2, 0.25) is 0 Å². The number of hydrogen-bond acceptors (Lipinski definition) is 12. The monoisotopic (exact) mass is 882 g/mol. The maximum atomic E-state index is 13.7. The van der Waals surface area contributed by atoms with E-state index in [0.29, 0.717) is 45.1 Å². The van der Waals surface area contributed by atoms with E-state index in [1.165, 1.54) is 58.5 Å².